The predicted octanol–water partition coefficient (Wildman–Crippen LogP) is 3.17. The molecule has 0 spiro atoms. The van der Waals surface area contributed by atoms with E-state index in [1.54, 1.807) is 18.2 Å². The number of halogens is 3. The zero-order chi connectivity index (χ0) is 10.1. The second-order valence-corrected chi connectivity index (χ2v) is 6.52. The van der Waals surface area contributed by atoms with E-state index in [4.69, 9.17) is 22.3 Å². The van der Waals surface area contributed by atoms with Crippen LogP contribution >= 0.6 is 38.2 Å². The third-order valence-corrected chi connectivity index (χ3v) is 3.17. The molecule has 0 radical (unpaired) electrons. The number of benzene rings is 1. The Bertz CT molecular complexity index is 417. The smallest absolute Gasteiger partial charge is 0.212 e. The first-order valence-electron chi connectivity index (χ1n) is 3.25. The molecule has 0 aliphatic carbocycles. The molecule has 0 bridgehead atoms. The minimum absolute atomic E-state index is 0.249. The van der Waals surface area contributed by atoms with Crippen molar-refractivity contribution < 1.29 is 8.42 Å². The molecule has 1 aromatic carbocycles. The summed E-state index contributed by atoms with van der Waals surface area (Å²) in [5, 5.41) is 0.388. The van der Waals surface area contributed by atoms with Crippen LogP contribution in [0.3, 0.4) is 0 Å². The largest absolute Gasteiger partial charge is 0.236 e. The van der Waals surface area contributed by atoms with Gasteiger partial charge in [0.05, 0.1) is 5.75 Å². The fourth-order valence-corrected chi connectivity index (χ4v) is 2.62. The molecule has 0 heterocycles. The summed E-state index contributed by atoms with van der Waals surface area (Å²) in [5.74, 6) is -0.249. The maximum Gasteiger partial charge on any atom is 0.236 e. The Morgan fingerprint density at radius 3 is 2.46 bits per heavy atom. The molecule has 0 aliphatic heterocycles. The van der Waals surface area contributed by atoms with Gasteiger partial charge in [0, 0.05) is 20.2 Å². The molecule has 0 aliphatic rings. The summed E-state index contributed by atoms with van der Waals surface area (Å²) in [6.45, 7) is 0. The van der Waals surface area contributed by atoms with E-state index >= 15 is 0 Å². The van der Waals surface area contributed by atoms with Crippen molar-refractivity contribution in [3.8, 4) is 0 Å². The normalized spacial score (nSPS) is 11.6. The molecular formula is C7H5BrCl2O2S. The number of hydrogen-bond donors (Lipinski definition) is 0. The summed E-state index contributed by atoms with van der Waals surface area (Å²) in [6, 6.07) is 4.95. The van der Waals surface area contributed by atoms with Crippen molar-refractivity contribution in [1.82, 2.24) is 0 Å². The SMILES string of the molecule is O=S(=O)(Cl)Cc1ccc(Br)cc1Cl. The fourth-order valence-electron chi connectivity index (χ4n) is 0.824. The molecule has 0 N–H and O–H groups in total. The van der Waals surface area contributed by atoms with Crippen molar-refractivity contribution in [2.75, 3.05) is 0 Å². The van der Waals surface area contributed by atoms with Crippen LogP contribution in [0.15, 0.2) is 22.7 Å². The van der Waals surface area contributed by atoms with Crippen LogP contribution in [0.5, 0.6) is 0 Å². The van der Waals surface area contributed by atoms with E-state index in [2.05, 4.69) is 15.9 Å². The van der Waals surface area contributed by atoms with E-state index in [0.717, 1.165) is 4.47 Å². The Labute approximate surface area is 94.4 Å². The Hall–Kier alpha value is 0.230. The Morgan fingerprint density at radius 1 is 1.38 bits per heavy atom. The maximum absolute atomic E-state index is 10.7. The standard InChI is InChI=1S/C7H5BrCl2O2S/c8-6-2-1-5(7(9)3-6)4-13(10,11)12/h1-3H,4H2. The average molecular weight is 304 g/mol. The van der Waals surface area contributed by atoms with E-state index < -0.39 is 9.05 Å². The highest BCUT2D eigenvalue weighted by Crippen LogP contribution is 2.23. The van der Waals surface area contributed by atoms with Crippen LogP contribution < -0.4 is 0 Å². The van der Waals surface area contributed by atoms with Crippen LogP contribution in [0.2, 0.25) is 5.02 Å². The predicted molar refractivity (Wildman–Crippen MR) is 57.6 cm³/mol. The highest BCUT2D eigenvalue weighted by atomic mass is 79.9. The van der Waals surface area contributed by atoms with Gasteiger partial charge in [-0.3, -0.25) is 0 Å². The monoisotopic (exact) mass is 302 g/mol. The quantitative estimate of drug-likeness (QED) is 0.787. The second-order valence-electron chi connectivity index (χ2n) is 2.42. The van der Waals surface area contributed by atoms with E-state index in [-0.39, 0.29) is 5.75 Å². The molecule has 0 aromatic heterocycles. The Balaban J connectivity index is 3.04. The van der Waals surface area contributed by atoms with Gasteiger partial charge in [-0.05, 0) is 17.7 Å². The average Bonchev–Trinajstić information content (AvgIpc) is 1.93. The van der Waals surface area contributed by atoms with Gasteiger partial charge in [0.2, 0.25) is 9.05 Å². The van der Waals surface area contributed by atoms with Gasteiger partial charge in [0.15, 0.2) is 0 Å². The Morgan fingerprint density at radius 2 is 2.00 bits per heavy atom. The molecule has 13 heavy (non-hydrogen) atoms. The molecular weight excluding hydrogens is 299 g/mol. The molecule has 0 amide bonds. The van der Waals surface area contributed by atoms with Gasteiger partial charge >= 0.3 is 0 Å². The first-order chi connectivity index (χ1) is 5.88. The van der Waals surface area contributed by atoms with Crippen molar-refractivity contribution in [2.24, 2.45) is 0 Å². The van der Waals surface area contributed by atoms with Gasteiger partial charge < -0.3 is 0 Å². The van der Waals surface area contributed by atoms with Crippen LogP contribution in [0, 0.1) is 0 Å². The second kappa shape index (κ2) is 4.17. The molecule has 1 aromatic rings. The summed E-state index contributed by atoms with van der Waals surface area (Å²) in [6.07, 6.45) is 0. The van der Waals surface area contributed by atoms with Gasteiger partial charge in [-0.2, -0.15) is 0 Å². The van der Waals surface area contributed by atoms with Crippen molar-refractivity contribution >= 4 is 47.3 Å². The molecule has 1 rings (SSSR count). The van der Waals surface area contributed by atoms with Crippen LogP contribution in [0.4, 0.5) is 0 Å². The van der Waals surface area contributed by atoms with Crippen molar-refractivity contribution in [3.05, 3.63) is 33.3 Å². The summed E-state index contributed by atoms with van der Waals surface area (Å²) >= 11 is 8.99. The molecule has 0 unspecified atom stereocenters. The van der Waals surface area contributed by atoms with Gasteiger partial charge in [-0.15, -0.1) is 0 Å². The van der Waals surface area contributed by atoms with E-state index in [1.807, 2.05) is 0 Å². The van der Waals surface area contributed by atoms with Crippen LogP contribution in [0.1, 0.15) is 5.56 Å². The Kier molecular flexibility index (Phi) is 3.63. The third kappa shape index (κ3) is 3.85. The lowest BCUT2D eigenvalue weighted by Gasteiger charge is -2.01. The lowest BCUT2D eigenvalue weighted by Crippen LogP contribution is -1.95. The first kappa shape index (κ1) is 11.3. The summed E-state index contributed by atoms with van der Waals surface area (Å²) in [4.78, 5) is 0. The fraction of sp³-hybridized carbons (Fsp3) is 0.143. The molecule has 0 fully saturated rings. The van der Waals surface area contributed by atoms with Crippen molar-refractivity contribution in [2.45, 2.75) is 5.75 Å². The minimum Gasteiger partial charge on any atom is -0.212 e. The van der Waals surface area contributed by atoms with E-state index in [0.29, 0.717) is 10.6 Å². The number of rotatable bonds is 2. The van der Waals surface area contributed by atoms with Gasteiger partial charge in [0.25, 0.3) is 0 Å². The summed E-state index contributed by atoms with van der Waals surface area (Å²) in [7, 11) is 1.54. The summed E-state index contributed by atoms with van der Waals surface area (Å²) in [5.41, 5.74) is 0.500. The molecule has 0 saturated heterocycles. The zero-order valence-corrected chi connectivity index (χ0v) is 10.2. The van der Waals surface area contributed by atoms with Crippen molar-refractivity contribution in [3.63, 3.8) is 0 Å². The van der Waals surface area contributed by atoms with Gasteiger partial charge in [-0.25, -0.2) is 8.42 Å². The van der Waals surface area contributed by atoms with E-state index in [9.17, 15) is 8.42 Å². The van der Waals surface area contributed by atoms with Crippen LogP contribution in [-0.4, -0.2) is 8.42 Å². The molecule has 6 heteroatoms. The molecule has 0 saturated carbocycles. The molecule has 0 atom stereocenters. The minimum atomic E-state index is -3.54. The number of hydrogen-bond acceptors (Lipinski definition) is 2. The lowest BCUT2D eigenvalue weighted by molar-refractivity contribution is 0.609. The maximum atomic E-state index is 10.7. The van der Waals surface area contributed by atoms with Crippen LogP contribution in [0.25, 0.3) is 0 Å². The van der Waals surface area contributed by atoms with Gasteiger partial charge in [0.1, 0.15) is 0 Å². The lowest BCUT2D eigenvalue weighted by atomic mass is 10.2. The summed E-state index contributed by atoms with van der Waals surface area (Å²) < 4.78 is 22.3. The van der Waals surface area contributed by atoms with Crippen LogP contribution in [-0.2, 0) is 14.8 Å². The highest BCUT2D eigenvalue weighted by Gasteiger charge is 2.10. The topological polar surface area (TPSA) is 34.1 Å². The molecule has 72 valence electrons. The highest BCUT2D eigenvalue weighted by molar-refractivity contribution is 9.10. The third-order valence-electron chi connectivity index (χ3n) is 1.34. The zero-order valence-electron chi connectivity index (χ0n) is 6.30. The first-order valence-corrected chi connectivity index (χ1v) is 6.90. The van der Waals surface area contributed by atoms with E-state index in [1.165, 1.54) is 0 Å². The molecule has 2 nitrogen and oxygen atoms in total. The van der Waals surface area contributed by atoms with Gasteiger partial charge in [-0.1, -0.05) is 33.6 Å². The van der Waals surface area contributed by atoms with Crippen molar-refractivity contribution in [1.29, 1.82) is 0 Å².